The molecule has 3 N–H and O–H groups in total. The Morgan fingerprint density at radius 2 is 1.56 bits per heavy atom. The molecule has 3 nitrogen and oxygen atoms in total. The van der Waals surface area contributed by atoms with Gasteiger partial charge in [-0.25, -0.2) is 8.93 Å². The number of fused-ring (bicyclic) bond motifs is 1. The summed E-state index contributed by atoms with van der Waals surface area (Å²) in [6.07, 6.45) is 0. The van der Waals surface area contributed by atoms with Crippen molar-refractivity contribution in [2.75, 3.05) is 5.73 Å². The van der Waals surface area contributed by atoms with Gasteiger partial charge in [0.15, 0.2) is 0 Å². The fraction of sp³-hybridized carbons (Fsp3) is 0.238. The van der Waals surface area contributed by atoms with Gasteiger partial charge < -0.3 is 5.73 Å². The van der Waals surface area contributed by atoms with E-state index < -0.39 is 11.0 Å². The van der Waals surface area contributed by atoms with Crippen molar-refractivity contribution in [2.45, 2.75) is 31.6 Å². The molecule has 0 aliphatic heterocycles. The van der Waals surface area contributed by atoms with E-state index in [1.807, 2.05) is 57.2 Å². The van der Waals surface area contributed by atoms with Crippen molar-refractivity contribution in [1.82, 2.24) is 4.72 Å². The second kappa shape index (κ2) is 6.98. The van der Waals surface area contributed by atoms with Crippen LogP contribution in [0, 0.1) is 0 Å². The maximum Gasteiger partial charge on any atom is 0.0979 e. The maximum absolute atomic E-state index is 12.8. The zero-order valence-corrected chi connectivity index (χ0v) is 15.6. The minimum absolute atomic E-state index is 0.231. The zero-order valence-electron chi connectivity index (χ0n) is 14.8. The molecule has 3 aromatic rings. The van der Waals surface area contributed by atoms with Gasteiger partial charge in [-0.1, -0.05) is 54.6 Å². The maximum atomic E-state index is 12.8. The first-order chi connectivity index (χ1) is 11.9. The minimum atomic E-state index is -1.22. The molecule has 4 heteroatoms. The summed E-state index contributed by atoms with van der Waals surface area (Å²) < 4.78 is 15.7. The van der Waals surface area contributed by atoms with E-state index in [9.17, 15) is 4.21 Å². The fourth-order valence-electron chi connectivity index (χ4n) is 2.76. The van der Waals surface area contributed by atoms with E-state index in [0.717, 1.165) is 16.5 Å². The van der Waals surface area contributed by atoms with Crippen LogP contribution in [0.5, 0.6) is 0 Å². The van der Waals surface area contributed by atoms with Crippen LogP contribution in [0.1, 0.15) is 37.9 Å². The summed E-state index contributed by atoms with van der Waals surface area (Å²) in [6, 6.07) is 22.1. The summed E-state index contributed by atoms with van der Waals surface area (Å²) in [6.45, 7) is 5.88. The number of benzene rings is 3. The van der Waals surface area contributed by atoms with E-state index in [2.05, 4.69) is 35.1 Å². The molecule has 0 saturated heterocycles. The summed E-state index contributed by atoms with van der Waals surface area (Å²) in [5.74, 6) is 0. The second-order valence-electron chi connectivity index (χ2n) is 7.17. The van der Waals surface area contributed by atoms with Crippen molar-refractivity contribution >= 4 is 27.4 Å². The van der Waals surface area contributed by atoms with Crippen molar-refractivity contribution in [3.8, 4) is 0 Å². The molecule has 0 spiro atoms. The molecule has 0 radical (unpaired) electrons. The third-order valence-electron chi connectivity index (χ3n) is 4.19. The Hall–Kier alpha value is -2.17. The van der Waals surface area contributed by atoms with Crippen LogP contribution >= 0.6 is 0 Å². The Labute approximate surface area is 151 Å². The van der Waals surface area contributed by atoms with Gasteiger partial charge in [-0.3, -0.25) is 0 Å². The number of anilines is 1. The highest BCUT2D eigenvalue weighted by Crippen LogP contribution is 2.30. The Kier molecular flexibility index (Phi) is 4.93. The molecule has 3 aromatic carbocycles. The van der Waals surface area contributed by atoms with Crippen LogP contribution in [0.2, 0.25) is 0 Å². The molecule has 0 aliphatic carbocycles. The van der Waals surface area contributed by atoms with Gasteiger partial charge in [0, 0.05) is 5.69 Å². The summed E-state index contributed by atoms with van der Waals surface area (Å²) in [5.41, 5.74) is 8.90. The molecule has 2 atom stereocenters. The molecule has 0 aromatic heterocycles. The molecule has 0 fully saturated rings. The van der Waals surface area contributed by atoms with Crippen LogP contribution in [0.15, 0.2) is 66.7 Å². The van der Waals surface area contributed by atoms with Gasteiger partial charge >= 0.3 is 0 Å². The van der Waals surface area contributed by atoms with E-state index in [4.69, 9.17) is 5.73 Å². The lowest BCUT2D eigenvalue weighted by Crippen LogP contribution is -2.36. The van der Waals surface area contributed by atoms with Gasteiger partial charge in [-0.05, 0) is 54.8 Å². The van der Waals surface area contributed by atoms with Crippen molar-refractivity contribution in [3.63, 3.8) is 0 Å². The lowest BCUT2D eigenvalue weighted by atomic mass is 9.96. The van der Waals surface area contributed by atoms with Gasteiger partial charge in [-0.2, -0.15) is 0 Å². The molecule has 25 heavy (non-hydrogen) atoms. The van der Waals surface area contributed by atoms with Crippen LogP contribution in [0.25, 0.3) is 10.8 Å². The van der Waals surface area contributed by atoms with Crippen molar-refractivity contribution in [3.05, 3.63) is 77.9 Å². The standard InChI is InChI=1S/C21H24N2OS/c1-21(2,3)25(24)23-20(18-10-6-7-11-19(18)22)17-13-12-15-8-4-5-9-16(15)14-17/h4-14,20,23H,22H2,1-3H3/t20-,25-/m1/s1. The van der Waals surface area contributed by atoms with Gasteiger partial charge in [-0.15, -0.1) is 0 Å². The summed E-state index contributed by atoms with van der Waals surface area (Å²) in [7, 11) is -1.22. The molecule has 0 amide bonds. The Morgan fingerprint density at radius 1 is 0.920 bits per heavy atom. The van der Waals surface area contributed by atoms with Crippen LogP contribution < -0.4 is 10.5 Å². The van der Waals surface area contributed by atoms with E-state index >= 15 is 0 Å². The first kappa shape index (κ1) is 17.6. The lowest BCUT2D eigenvalue weighted by molar-refractivity contribution is 0.624. The summed E-state index contributed by atoms with van der Waals surface area (Å²) >= 11 is 0. The third kappa shape index (κ3) is 3.91. The van der Waals surface area contributed by atoms with E-state index in [-0.39, 0.29) is 10.8 Å². The predicted octanol–water partition coefficient (Wildman–Crippen LogP) is 4.56. The molecular weight excluding hydrogens is 328 g/mol. The largest absolute Gasteiger partial charge is 0.398 e. The number of nitrogen functional groups attached to an aromatic ring is 1. The average Bonchev–Trinajstić information content (AvgIpc) is 2.59. The molecular formula is C21H24N2OS. The number of nitrogens with two attached hydrogens (primary N) is 1. The van der Waals surface area contributed by atoms with Crippen LogP contribution in [0.4, 0.5) is 5.69 Å². The van der Waals surface area contributed by atoms with Crippen LogP contribution in [0.3, 0.4) is 0 Å². The third-order valence-corrected chi connectivity index (χ3v) is 5.76. The monoisotopic (exact) mass is 352 g/mol. The Bertz CT molecular complexity index is 915. The number of hydrogen-bond donors (Lipinski definition) is 2. The highest BCUT2D eigenvalue weighted by Gasteiger charge is 2.25. The number of nitrogens with one attached hydrogen (secondary N) is 1. The van der Waals surface area contributed by atoms with E-state index in [1.165, 1.54) is 5.39 Å². The molecule has 130 valence electrons. The molecule has 0 bridgehead atoms. The molecule has 0 unspecified atom stereocenters. The highest BCUT2D eigenvalue weighted by atomic mass is 32.2. The SMILES string of the molecule is CC(C)(C)[S@@](=O)N[C@H](c1ccc2ccccc2c1)c1ccccc1N. The van der Waals surface area contributed by atoms with Gasteiger partial charge in [0.25, 0.3) is 0 Å². The quantitative estimate of drug-likeness (QED) is 0.676. The van der Waals surface area contributed by atoms with Gasteiger partial charge in [0.05, 0.1) is 21.8 Å². The second-order valence-corrected chi connectivity index (χ2v) is 9.17. The van der Waals surface area contributed by atoms with Crippen molar-refractivity contribution in [2.24, 2.45) is 0 Å². The van der Waals surface area contributed by atoms with Crippen molar-refractivity contribution in [1.29, 1.82) is 0 Å². The van der Waals surface area contributed by atoms with Crippen LogP contribution in [-0.2, 0) is 11.0 Å². The number of hydrogen-bond acceptors (Lipinski definition) is 2. The summed E-state index contributed by atoms with van der Waals surface area (Å²) in [4.78, 5) is 0. The summed E-state index contributed by atoms with van der Waals surface area (Å²) in [5, 5.41) is 2.34. The van der Waals surface area contributed by atoms with Crippen molar-refractivity contribution < 1.29 is 4.21 Å². The van der Waals surface area contributed by atoms with Crippen LogP contribution in [-0.4, -0.2) is 8.96 Å². The number of para-hydroxylation sites is 1. The molecule has 0 saturated carbocycles. The molecule has 3 rings (SSSR count). The Morgan fingerprint density at radius 3 is 2.24 bits per heavy atom. The zero-order chi connectivity index (χ0) is 18.0. The average molecular weight is 353 g/mol. The highest BCUT2D eigenvalue weighted by molar-refractivity contribution is 7.84. The topological polar surface area (TPSA) is 55.1 Å². The number of rotatable bonds is 4. The molecule has 0 aliphatic rings. The normalized spacial score (nSPS) is 14.4. The first-order valence-corrected chi connectivity index (χ1v) is 9.52. The smallest absolute Gasteiger partial charge is 0.0979 e. The molecule has 0 heterocycles. The predicted molar refractivity (Wildman–Crippen MR) is 108 cm³/mol. The first-order valence-electron chi connectivity index (χ1n) is 8.37. The van der Waals surface area contributed by atoms with E-state index in [1.54, 1.807) is 0 Å². The lowest BCUT2D eigenvalue weighted by Gasteiger charge is -2.26. The van der Waals surface area contributed by atoms with E-state index in [0.29, 0.717) is 5.69 Å². The minimum Gasteiger partial charge on any atom is -0.398 e. The van der Waals surface area contributed by atoms with Gasteiger partial charge in [0.1, 0.15) is 0 Å². The fourth-order valence-corrected chi connectivity index (χ4v) is 3.59. The van der Waals surface area contributed by atoms with Gasteiger partial charge in [0.2, 0.25) is 0 Å². The Balaban J connectivity index is 2.09.